The van der Waals surface area contributed by atoms with Crippen LogP contribution in [-0.2, 0) is 0 Å². The maximum Gasteiger partial charge on any atom is 0.0582 e. The lowest BCUT2D eigenvalue weighted by molar-refractivity contribution is 0.204. The Morgan fingerprint density at radius 1 is 1.42 bits per heavy atom. The zero-order valence-corrected chi connectivity index (χ0v) is 8.21. The summed E-state index contributed by atoms with van der Waals surface area (Å²) < 4.78 is 0. The molecule has 0 bridgehead atoms. The predicted molar refractivity (Wildman–Crippen MR) is 51.1 cm³/mol. The van der Waals surface area contributed by atoms with Crippen molar-refractivity contribution in [2.75, 3.05) is 6.61 Å². The van der Waals surface area contributed by atoms with Gasteiger partial charge in [0.15, 0.2) is 0 Å². The molecule has 2 N–H and O–H groups in total. The molecule has 2 heteroatoms. The van der Waals surface area contributed by atoms with E-state index in [-0.39, 0.29) is 12.6 Å². The molecule has 0 spiro atoms. The fourth-order valence-corrected chi connectivity index (χ4v) is 1.98. The summed E-state index contributed by atoms with van der Waals surface area (Å²) in [6.07, 6.45) is 5.36. The number of aliphatic hydroxyl groups excluding tert-OH is 1. The van der Waals surface area contributed by atoms with Gasteiger partial charge < -0.3 is 10.4 Å². The van der Waals surface area contributed by atoms with Gasteiger partial charge in [-0.25, -0.2) is 0 Å². The van der Waals surface area contributed by atoms with Crippen molar-refractivity contribution < 1.29 is 5.11 Å². The molecule has 0 aromatic carbocycles. The Morgan fingerprint density at radius 3 is 2.67 bits per heavy atom. The third kappa shape index (κ3) is 2.76. The van der Waals surface area contributed by atoms with Crippen molar-refractivity contribution in [3.63, 3.8) is 0 Å². The Balaban J connectivity index is 2.28. The maximum atomic E-state index is 8.89. The third-order valence-corrected chi connectivity index (χ3v) is 2.88. The maximum absolute atomic E-state index is 8.89. The minimum absolute atomic E-state index is 0.253. The molecule has 1 saturated carbocycles. The molecule has 72 valence electrons. The summed E-state index contributed by atoms with van der Waals surface area (Å²) in [5.74, 6) is 0.785. The normalized spacial score (nSPS) is 33.2. The Morgan fingerprint density at radius 2 is 2.08 bits per heavy atom. The van der Waals surface area contributed by atoms with Crippen LogP contribution in [0.15, 0.2) is 0 Å². The molecule has 0 aromatic heterocycles. The number of hydrogen-bond donors (Lipinski definition) is 2. The SMILES string of the molecule is C[C@@H](CO)N[C@@H]1CCCC[C@@H]1C. The van der Waals surface area contributed by atoms with Crippen LogP contribution in [0.5, 0.6) is 0 Å². The standard InChI is InChI=1S/C10H21NO/c1-8-5-3-4-6-10(8)11-9(2)7-12/h8-12H,3-7H2,1-2H3/t8-,9-,10+/m0/s1. The quantitative estimate of drug-likeness (QED) is 0.675. The molecule has 0 heterocycles. The number of hydrogen-bond acceptors (Lipinski definition) is 2. The van der Waals surface area contributed by atoms with Gasteiger partial charge in [0.2, 0.25) is 0 Å². The van der Waals surface area contributed by atoms with Gasteiger partial charge in [-0.05, 0) is 25.7 Å². The molecule has 1 aliphatic carbocycles. The molecule has 0 saturated heterocycles. The van der Waals surface area contributed by atoms with Crippen LogP contribution in [-0.4, -0.2) is 23.8 Å². The smallest absolute Gasteiger partial charge is 0.0582 e. The van der Waals surface area contributed by atoms with Gasteiger partial charge in [-0.2, -0.15) is 0 Å². The molecule has 3 atom stereocenters. The van der Waals surface area contributed by atoms with Crippen LogP contribution in [0.2, 0.25) is 0 Å². The summed E-state index contributed by atoms with van der Waals surface area (Å²) in [6.45, 7) is 4.60. The second-order valence-electron chi connectivity index (χ2n) is 4.12. The molecule has 1 rings (SSSR count). The topological polar surface area (TPSA) is 32.3 Å². The highest BCUT2D eigenvalue weighted by atomic mass is 16.3. The molecule has 12 heavy (non-hydrogen) atoms. The van der Waals surface area contributed by atoms with Crippen LogP contribution >= 0.6 is 0 Å². The van der Waals surface area contributed by atoms with Crippen LogP contribution in [0.3, 0.4) is 0 Å². The summed E-state index contributed by atoms with van der Waals surface area (Å²) in [6, 6.07) is 0.899. The van der Waals surface area contributed by atoms with Gasteiger partial charge in [-0.3, -0.25) is 0 Å². The summed E-state index contributed by atoms with van der Waals surface area (Å²) in [5.41, 5.74) is 0. The largest absolute Gasteiger partial charge is 0.395 e. The van der Waals surface area contributed by atoms with Gasteiger partial charge in [0, 0.05) is 12.1 Å². The fraction of sp³-hybridized carbons (Fsp3) is 1.00. The first-order valence-electron chi connectivity index (χ1n) is 5.11. The zero-order chi connectivity index (χ0) is 8.97. The molecular weight excluding hydrogens is 150 g/mol. The van der Waals surface area contributed by atoms with E-state index in [0.29, 0.717) is 6.04 Å². The first-order chi connectivity index (χ1) is 5.74. The Hall–Kier alpha value is -0.0800. The molecule has 2 nitrogen and oxygen atoms in total. The number of rotatable bonds is 3. The van der Waals surface area contributed by atoms with E-state index in [9.17, 15) is 0 Å². The Bertz CT molecular complexity index is 127. The van der Waals surface area contributed by atoms with Crippen molar-refractivity contribution in [1.29, 1.82) is 0 Å². The lowest BCUT2D eigenvalue weighted by atomic mass is 9.85. The van der Waals surface area contributed by atoms with Crippen LogP contribution in [0.1, 0.15) is 39.5 Å². The van der Waals surface area contributed by atoms with Gasteiger partial charge in [-0.1, -0.05) is 19.8 Å². The third-order valence-electron chi connectivity index (χ3n) is 2.88. The first-order valence-corrected chi connectivity index (χ1v) is 5.11. The van der Waals surface area contributed by atoms with E-state index in [1.807, 2.05) is 6.92 Å². The molecule has 0 amide bonds. The van der Waals surface area contributed by atoms with Gasteiger partial charge in [0.25, 0.3) is 0 Å². The average Bonchev–Trinajstić information content (AvgIpc) is 2.09. The summed E-state index contributed by atoms with van der Waals surface area (Å²) in [4.78, 5) is 0. The van der Waals surface area contributed by atoms with Crippen molar-refractivity contribution in [3.8, 4) is 0 Å². The summed E-state index contributed by atoms with van der Waals surface area (Å²) in [5, 5.41) is 12.4. The minimum atomic E-state index is 0.253. The van der Waals surface area contributed by atoms with Crippen molar-refractivity contribution in [3.05, 3.63) is 0 Å². The highest BCUT2D eigenvalue weighted by molar-refractivity contribution is 4.79. The fourth-order valence-electron chi connectivity index (χ4n) is 1.98. The summed E-state index contributed by atoms with van der Waals surface area (Å²) in [7, 11) is 0. The molecule has 0 unspecified atom stereocenters. The van der Waals surface area contributed by atoms with E-state index in [1.165, 1.54) is 25.7 Å². The van der Waals surface area contributed by atoms with E-state index >= 15 is 0 Å². The van der Waals surface area contributed by atoms with E-state index in [1.54, 1.807) is 0 Å². The molecule has 1 aliphatic rings. The van der Waals surface area contributed by atoms with Gasteiger partial charge in [-0.15, -0.1) is 0 Å². The van der Waals surface area contributed by atoms with E-state index in [2.05, 4.69) is 12.2 Å². The van der Waals surface area contributed by atoms with E-state index in [0.717, 1.165) is 5.92 Å². The number of nitrogens with one attached hydrogen (secondary N) is 1. The van der Waals surface area contributed by atoms with Gasteiger partial charge in [0.05, 0.1) is 6.61 Å². The first kappa shape index (κ1) is 10.0. The van der Waals surface area contributed by atoms with Gasteiger partial charge in [0.1, 0.15) is 0 Å². The highest BCUT2D eigenvalue weighted by Crippen LogP contribution is 2.23. The second-order valence-corrected chi connectivity index (χ2v) is 4.12. The van der Waals surface area contributed by atoms with Crippen LogP contribution in [0.25, 0.3) is 0 Å². The molecule has 0 radical (unpaired) electrons. The van der Waals surface area contributed by atoms with Crippen LogP contribution in [0, 0.1) is 5.92 Å². The van der Waals surface area contributed by atoms with Crippen molar-refractivity contribution in [2.24, 2.45) is 5.92 Å². The van der Waals surface area contributed by atoms with Crippen molar-refractivity contribution in [1.82, 2.24) is 5.32 Å². The lowest BCUT2D eigenvalue weighted by Gasteiger charge is -2.31. The molecule has 0 aliphatic heterocycles. The van der Waals surface area contributed by atoms with Crippen molar-refractivity contribution in [2.45, 2.75) is 51.6 Å². The zero-order valence-electron chi connectivity index (χ0n) is 8.21. The summed E-state index contributed by atoms with van der Waals surface area (Å²) >= 11 is 0. The van der Waals surface area contributed by atoms with Gasteiger partial charge >= 0.3 is 0 Å². The Labute approximate surface area is 75.4 Å². The van der Waals surface area contributed by atoms with E-state index < -0.39 is 0 Å². The lowest BCUT2D eigenvalue weighted by Crippen LogP contribution is -2.43. The predicted octanol–water partition coefficient (Wildman–Crippen LogP) is 1.54. The Kier molecular flexibility index (Phi) is 4.02. The van der Waals surface area contributed by atoms with E-state index in [4.69, 9.17) is 5.11 Å². The molecule has 0 aromatic rings. The average molecular weight is 171 g/mol. The minimum Gasteiger partial charge on any atom is -0.395 e. The van der Waals surface area contributed by atoms with Crippen LogP contribution in [0.4, 0.5) is 0 Å². The van der Waals surface area contributed by atoms with Crippen molar-refractivity contribution >= 4 is 0 Å². The molecule has 1 fully saturated rings. The molecular formula is C10H21NO. The number of aliphatic hydroxyl groups is 1. The monoisotopic (exact) mass is 171 g/mol. The van der Waals surface area contributed by atoms with Crippen LogP contribution < -0.4 is 5.32 Å². The second kappa shape index (κ2) is 4.83. The highest BCUT2D eigenvalue weighted by Gasteiger charge is 2.21.